The number of hydrogen-bond acceptors (Lipinski definition) is 3. The molecule has 0 spiro atoms. The molecule has 1 aliphatic rings. The number of hydrogen-bond donors (Lipinski definition) is 2. The Hall–Kier alpha value is -1.34. The van der Waals surface area contributed by atoms with Gasteiger partial charge in [-0.05, 0) is 58.5 Å². The van der Waals surface area contributed by atoms with Gasteiger partial charge in [0.1, 0.15) is 0 Å². The number of rotatable bonds is 3. The van der Waals surface area contributed by atoms with Crippen molar-refractivity contribution in [2.24, 2.45) is 0 Å². The molecule has 0 aliphatic heterocycles. The molecule has 0 amide bonds. The lowest BCUT2D eigenvalue weighted by Gasteiger charge is -2.10. The van der Waals surface area contributed by atoms with Gasteiger partial charge in [-0.2, -0.15) is 8.42 Å². The van der Waals surface area contributed by atoms with Crippen molar-refractivity contribution in [1.29, 1.82) is 0 Å². The second-order valence-electron chi connectivity index (χ2n) is 4.45. The molecule has 0 radical (unpaired) electrons. The van der Waals surface area contributed by atoms with Crippen LogP contribution in [-0.2, 0) is 22.9 Å². The van der Waals surface area contributed by atoms with E-state index in [1.807, 2.05) is 12.1 Å². The predicted octanol–water partition coefficient (Wildman–Crippen LogP) is 2.46. The van der Waals surface area contributed by atoms with Gasteiger partial charge in [0.05, 0.1) is 5.69 Å². The lowest BCUT2D eigenvalue weighted by Crippen LogP contribution is -2.15. The summed E-state index contributed by atoms with van der Waals surface area (Å²) in [6.07, 6.45) is 6.06. The van der Waals surface area contributed by atoms with Crippen molar-refractivity contribution in [2.75, 3.05) is 4.72 Å². The first-order valence-corrected chi connectivity index (χ1v) is 8.17. The predicted molar refractivity (Wildman–Crippen MR) is 75.6 cm³/mol. The Balaban J connectivity index is 1.96. The molecule has 2 N–H and O–H groups in total. The number of aryl methyl sites for hydroxylation is 2. The van der Waals surface area contributed by atoms with E-state index in [4.69, 9.17) is 0 Å². The molecule has 1 heterocycles. The summed E-state index contributed by atoms with van der Waals surface area (Å²) in [6.45, 7) is 0. The summed E-state index contributed by atoms with van der Waals surface area (Å²) in [5.41, 5.74) is 3.05. The summed E-state index contributed by atoms with van der Waals surface area (Å²) in [5, 5.41) is -0.0834. The van der Waals surface area contributed by atoms with Gasteiger partial charge in [0, 0.05) is 16.9 Å². The maximum atomic E-state index is 12.1. The summed E-state index contributed by atoms with van der Waals surface area (Å²) in [6, 6.07) is 3.88. The molecule has 0 saturated heterocycles. The normalized spacial score (nSPS) is 14.4. The molecule has 0 fully saturated rings. The van der Waals surface area contributed by atoms with E-state index in [0.717, 1.165) is 23.7 Å². The van der Waals surface area contributed by atoms with Crippen LogP contribution in [-0.4, -0.2) is 18.4 Å². The number of H-pyrrole nitrogens is 1. The van der Waals surface area contributed by atoms with Crippen LogP contribution < -0.4 is 4.72 Å². The Kier molecular flexibility index (Phi) is 3.10. The first-order valence-electron chi connectivity index (χ1n) is 5.90. The molecule has 5 nitrogen and oxygen atoms in total. The van der Waals surface area contributed by atoms with Crippen LogP contribution in [0.25, 0.3) is 0 Å². The third kappa shape index (κ3) is 2.40. The summed E-state index contributed by atoms with van der Waals surface area (Å²) in [4.78, 5) is 6.36. The third-order valence-corrected chi connectivity index (χ3v) is 5.03. The SMILES string of the molecule is O=S(=O)(Nc1cc2c(cc1Br)CCC2)c1ncc[nH]1. The van der Waals surface area contributed by atoms with Crippen LogP contribution in [0.1, 0.15) is 17.5 Å². The number of fused-ring (bicyclic) bond motifs is 1. The molecule has 7 heteroatoms. The van der Waals surface area contributed by atoms with Crippen LogP contribution in [0, 0.1) is 0 Å². The van der Waals surface area contributed by atoms with Gasteiger partial charge >= 0.3 is 0 Å². The van der Waals surface area contributed by atoms with Crippen molar-refractivity contribution in [2.45, 2.75) is 24.4 Å². The van der Waals surface area contributed by atoms with Gasteiger partial charge in [-0.3, -0.25) is 4.72 Å². The zero-order valence-electron chi connectivity index (χ0n) is 9.98. The Morgan fingerprint density at radius 2 is 2.00 bits per heavy atom. The standard InChI is InChI=1S/C12H12BrN3O2S/c13-10-6-8-2-1-3-9(8)7-11(10)16-19(17,18)12-14-4-5-15-12/h4-7,16H,1-3H2,(H,14,15). The molecule has 2 aromatic rings. The van der Waals surface area contributed by atoms with Crippen molar-refractivity contribution < 1.29 is 8.42 Å². The first-order chi connectivity index (χ1) is 9.06. The second-order valence-corrected chi connectivity index (χ2v) is 6.91. The monoisotopic (exact) mass is 341 g/mol. The van der Waals surface area contributed by atoms with Crippen molar-refractivity contribution in [3.63, 3.8) is 0 Å². The van der Waals surface area contributed by atoms with Gasteiger partial charge in [-0.15, -0.1) is 0 Å². The maximum absolute atomic E-state index is 12.1. The molecule has 0 saturated carbocycles. The average molecular weight is 342 g/mol. The summed E-state index contributed by atoms with van der Waals surface area (Å²) < 4.78 is 27.5. The van der Waals surface area contributed by atoms with Crippen LogP contribution in [0.4, 0.5) is 5.69 Å². The lowest BCUT2D eigenvalue weighted by molar-refractivity contribution is 0.594. The number of sulfonamides is 1. The zero-order chi connectivity index (χ0) is 13.5. The van der Waals surface area contributed by atoms with Crippen LogP contribution in [0.5, 0.6) is 0 Å². The van der Waals surface area contributed by atoms with E-state index in [1.54, 1.807) is 0 Å². The Morgan fingerprint density at radius 1 is 1.26 bits per heavy atom. The van der Waals surface area contributed by atoms with Gasteiger partial charge in [0.2, 0.25) is 5.16 Å². The number of aromatic amines is 1. The molecule has 100 valence electrons. The van der Waals surface area contributed by atoms with Gasteiger partial charge in [0.25, 0.3) is 10.0 Å². The number of benzene rings is 1. The van der Waals surface area contributed by atoms with E-state index in [0.29, 0.717) is 5.69 Å². The van der Waals surface area contributed by atoms with E-state index in [1.165, 1.54) is 23.5 Å². The number of nitrogens with one attached hydrogen (secondary N) is 2. The fraction of sp³-hybridized carbons (Fsp3) is 0.250. The third-order valence-electron chi connectivity index (χ3n) is 3.15. The summed E-state index contributed by atoms with van der Waals surface area (Å²) in [7, 11) is -3.66. The Bertz CT molecular complexity index is 711. The average Bonchev–Trinajstić information content (AvgIpc) is 2.98. The Labute approximate surface area is 119 Å². The van der Waals surface area contributed by atoms with Gasteiger partial charge in [-0.1, -0.05) is 0 Å². The van der Waals surface area contributed by atoms with E-state index in [9.17, 15) is 8.42 Å². The second kappa shape index (κ2) is 4.64. The van der Waals surface area contributed by atoms with Gasteiger partial charge in [0.15, 0.2) is 0 Å². The number of imidazole rings is 1. The highest BCUT2D eigenvalue weighted by Crippen LogP contribution is 2.32. The fourth-order valence-corrected chi connectivity index (χ4v) is 3.86. The highest BCUT2D eigenvalue weighted by molar-refractivity contribution is 9.10. The molecule has 1 aromatic carbocycles. The molecule has 1 aliphatic carbocycles. The topological polar surface area (TPSA) is 74.8 Å². The van der Waals surface area contributed by atoms with Crippen LogP contribution >= 0.6 is 15.9 Å². The molecule has 3 rings (SSSR count). The van der Waals surface area contributed by atoms with Gasteiger partial charge < -0.3 is 4.98 Å². The molecule has 0 bridgehead atoms. The number of anilines is 1. The summed E-state index contributed by atoms with van der Waals surface area (Å²) in [5.74, 6) is 0. The first kappa shape index (κ1) is 12.7. The van der Waals surface area contributed by atoms with Crippen molar-refractivity contribution >= 4 is 31.6 Å². The molecule has 0 unspecified atom stereocenters. The minimum Gasteiger partial charge on any atom is -0.334 e. The maximum Gasteiger partial charge on any atom is 0.295 e. The van der Waals surface area contributed by atoms with Crippen LogP contribution in [0.2, 0.25) is 0 Å². The fourth-order valence-electron chi connectivity index (χ4n) is 2.26. The smallest absolute Gasteiger partial charge is 0.295 e. The number of halogens is 1. The lowest BCUT2D eigenvalue weighted by atomic mass is 10.1. The van der Waals surface area contributed by atoms with E-state index < -0.39 is 10.0 Å². The minimum absolute atomic E-state index is 0.0834. The molecular formula is C12H12BrN3O2S. The molecule has 1 aromatic heterocycles. The quantitative estimate of drug-likeness (QED) is 0.900. The van der Waals surface area contributed by atoms with E-state index >= 15 is 0 Å². The Morgan fingerprint density at radius 3 is 2.68 bits per heavy atom. The summed E-state index contributed by atoms with van der Waals surface area (Å²) >= 11 is 3.41. The van der Waals surface area contributed by atoms with Crippen molar-refractivity contribution in [3.8, 4) is 0 Å². The van der Waals surface area contributed by atoms with Crippen molar-refractivity contribution in [1.82, 2.24) is 9.97 Å². The highest BCUT2D eigenvalue weighted by atomic mass is 79.9. The largest absolute Gasteiger partial charge is 0.334 e. The van der Waals surface area contributed by atoms with Gasteiger partial charge in [-0.25, -0.2) is 4.98 Å². The minimum atomic E-state index is -3.66. The van der Waals surface area contributed by atoms with E-state index in [-0.39, 0.29) is 5.16 Å². The molecule has 19 heavy (non-hydrogen) atoms. The highest BCUT2D eigenvalue weighted by Gasteiger charge is 2.20. The van der Waals surface area contributed by atoms with Crippen molar-refractivity contribution in [3.05, 3.63) is 40.1 Å². The van der Waals surface area contributed by atoms with Crippen LogP contribution in [0.3, 0.4) is 0 Å². The number of nitrogens with zero attached hydrogens (tertiary/aromatic N) is 1. The zero-order valence-corrected chi connectivity index (χ0v) is 12.4. The number of aromatic nitrogens is 2. The van der Waals surface area contributed by atoms with Crippen LogP contribution in [0.15, 0.2) is 34.2 Å². The van der Waals surface area contributed by atoms with E-state index in [2.05, 4.69) is 30.6 Å². The molecule has 0 atom stereocenters. The molecular weight excluding hydrogens is 330 g/mol.